The number of aromatic nitrogens is 2. The minimum absolute atomic E-state index is 0.00994. The Kier molecular flexibility index (Phi) is 5.50. The zero-order chi connectivity index (χ0) is 21.1. The third-order valence-electron chi connectivity index (χ3n) is 4.60. The van der Waals surface area contributed by atoms with E-state index in [9.17, 15) is 4.79 Å². The number of benzene rings is 2. The highest BCUT2D eigenvalue weighted by molar-refractivity contribution is 6.30. The SMILES string of the molecule is COC(=O)c1nc(N)c2cc(-c3cccc(Cl)c3)ncc2c1OCc1ccccc1. The molecular weight excluding hydrogens is 402 g/mol. The Labute approximate surface area is 178 Å². The van der Waals surface area contributed by atoms with Crippen LogP contribution in [0.2, 0.25) is 5.02 Å². The van der Waals surface area contributed by atoms with Gasteiger partial charge < -0.3 is 15.2 Å². The van der Waals surface area contributed by atoms with Gasteiger partial charge in [0.1, 0.15) is 12.4 Å². The van der Waals surface area contributed by atoms with Crippen LogP contribution in [-0.2, 0) is 11.3 Å². The minimum Gasteiger partial charge on any atom is -0.486 e. The number of nitrogens with two attached hydrogens (primary N) is 1. The lowest BCUT2D eigenvalue weighted by Crippen LogP contribution is -2.11. The molecule has 2 aromatic carbocycles. The topological polar surface area (TPSA) is 87.3 Å². The van der Waals surface area contributed by atoms with Gasteiger partial charge in [0.25, 0.3) is 0 Å². The number of nitrogens with zero attached hydrogens (tertiary/aromatic N) is 2. The van der Waals surface area contributed by atoms with Gasteiger partial charge in [-0.1, -0.05) is 54.1 Å². The minimum atomic E-state index is -0.634. The highest BCUT2D eigenvalue weighted by Gasteiger charge is 2.22. The Morgan fingerprint density at radius 2 is 1.87 bits per heavy atom. The smallest absolute Gasteiger partial charge is 0.360 e. The molecule has 4 rings (SSSR count). The largest absolute Gasteiger partial charge is 0.486 e. The van der Waals surface area contributed by atoms with Crippen molar-refractivity contribution in [3.8, 4) is 17.0 Å². The van der Waals surface area contributed by atoms with Crippen molar-refractivity contribution in [2.75, 3.05) is 12.8 Å². The molecule has 2 heterocycles. The molecule has 150 valence electrons. The van der Waals surface area contributed by atoms with E-state index in [1.54, 1.807) is 18.3 Å². The monoisotopic (exact) mass is 419 g/mol. The molecule has 0 amide bonds. The summed E-state index contributed by atoms with van der Waals surface area (Å²) in [4.78, 5) is 21.1. The van der Waals surface area contributed by atoms with E-state index in [4.69, 9.17) is 26.8 Å². The quantitative estimate of drug-likeness (QED) is 0.463. The van der Waals surface area contributed by atoms with Gasteiger partial charge in [-0.15, -0.1) is 0 Å². The summed E-state index contributed by atoms with van der Waals surface area (Å²) in [6, 6.07) is 18.8. The van der Waals surface area contributed by atoms with E-state index >= 15 is 0 Å². The summed E-state index contributed by atoms with van der Waals surface area (Å²) in [7, 11) is 1.28. The number of fused-ring (bicyclic) bond motifs is 1. The number of esters is 1. The standard InChI is InChI=1S/C23H18ClN3O3/c1-29-23(28)20-21(30-13-14-6-3-2-4-7-14)18-12-26-19(11-17(18)22(25)27-20)15-8-5-9-16(24)10-15/h2-12H,13H2,1H3,(H2,25,27). The van der Waals surface area contributed by atoms with E-state index in [1.165, 1.54) is 7.11 Å². The van der Waals surface area contributed by atoms with Crippen molar-refractivity contribution >= 4 is 34.2 Å². The normalized spacial score (nSPS) is 10.7. The molecule has 30 heavy (non-hydrogen) atoms. The third kappa shape index (κ3) is 3.90. The van der Waals surface area contributed by atoms with Gasteiger partial charge >= 0.3 is 5.97 Å². The van der Waals surface area contributed by atoms with E-state index in [0.717, 1.165) is 11.1 Å². The second-order valence-electron chi connectivity index (χ2n) is 6.57. The van der Waals surface area contributed by atoms with E-state index in [-0.39, 0.29) is 23.9 Å². The van der Waals surface area contributed by atoms with Crippen LogP contribution in [0.15, 0.2) is 66.9 Å². The number of pyridine rings is 2. The fourth-order valence-corrected chi connectivity index (χ4v) is 3.31. The van der Waals surface area contributed by atoms with E-state index in [2.05, 4.69) is 9.97 Å². The molecule has 0 radical (unpaired) electrons. The van der Waals surface area contributed by atoms with Crippen molar-refractivity contribution in [2.45, 2.75) is 6.61 Å². The van der Waals surface area contributed by atoms with Crippen molar-refractivity contribution in [1.29, 1.82) is 0 Å². The maximum Gasteiger partial charge on any atom is 0.360 e. The summed E-state index contributed by atoms with van der Waals surface area (Å²) >= 11 is 6.10. The van der Waals surface area contributed by atoms with Crippen LogP contribution < -0.4 is 10.5 Å². The molecule has 0 saturated heterocycles. The van der Waals surface area contributed by atoms with Crippen LogP contribution in [0.4, 0.5) is 5.82 Å². The predicted octanol–water partition coefficient (Wildman–Crippen LogP) is 4.90. The van der Waals surface area contributed by atoms with Crippen LogP contribution in [0.1, 0.15) is 16.1 Å². The van der Waals surface area contributed by atoms with Crippen molar-refractivity contribution < 1.29 is 14.3 Å². The van der Waals surface area contributed by atoms with Gasteiger partial charge in [-0.3, -0.25) is 4.98 Å². The molecule has 0 aliphatic carbocycles. The number of nitrogen functional groups attached to an aromatic ring is 1. The number of anilines is 1. The molecule has 2 N–H and O–H groups in total. The first-order valence-electron chi connectivity index (χ1n) is 9.17. The number of rotatable bonds is 5. The van der Waals surface area contributed by atoms with Crippen LogP contribution >= 0.6 is 11.6 Å². The number of ether oxygens (including phenoxy) is 2. The summed E-state index contributed by atoms with van der Waals surface area (Å²) in [5, 5.41) is 1.80. The van der Waals surface area contributed by atoms with Gasteiger partial charge in [-0.25, -0.2) is 9.78 Å². The highest BCUT2D eigenvalue weighted by atomic mass is 35.5. The van der Waals surface area contributed by atoms with Crippen molar-refractivity contribution in [3.63, 3.8) is 0 Å². The Balaban J connectivity index is 1.83. The van der Waals surface area contributed by atoms with Gasteiger partial charge in [-0.05, 0) is 23.8 Å². The average molecular weight is 420 g/mol. The first-order valence-corrected chi connectivity index (χ1v) is 9.55. The van der Waals surface area contributed by atoms with Crippen molar-refractivity contribution in [1.82, 2.24) is 9.97 Å². The van der Waals surface area contributed by atoms with Crippen molar-refractivity contribution in [2.24, 2.45) is 0 Å². The number of carbonyl (C=O) groups excluding carboxylic acids is 1. The Morgan fingerprint density at radius 1 is 1.07 bits per heavy atom. The van der Waals surface area contributed by atoms with Gasteiger partial charge in [0, 0.05) is 27.6 Å². The fourth-order valence-electron chi connectivity index (χ4n) is 3.12. The lowest BCUT2D eigenvalue weighted by Gasteiger charge is -2.15. The molecule has 7 heteroatoms. The molecule has 0 spiro atoms. The van der Waals surface area contributed by atoms with Gasteiger partial charge in [0.15, 0.2) is 11.4 Å². The van der Waals surface area contributed by atoms with Crippen LogP contribution in [0.5, 0.6) is 5.75 Å². The molecule has 0 bridgehead atoms. The first-order chi connectivity index (χ1) is 14.6. The summed E-state index contributed by atoms with van der Waals surface area (Å²) in [6.45, 7) is 0.252. The Bertz CT molecular complexity index is 1230. The highest BCUT2D eigenvalue weighted by Crippen LogP contribution is 2.35. The zero-order valence-electron chi connectivity index (χ0n) is 16.1. The van der Waals surface area contributed by atoms with Gasteiger partial charge in [-0.2, -0.15) is 0 Å². The van der Waals surface area contributed by atoms with Crippen LogP contribution in [0.25, 0.3) is 22.0 Å². The molecule has 0 unspecified atom stereocenters. The second-order valence-corrected chi connectivity index (χ2v) is 7.00. The second kappa shape index (κ2) is 8.39. The van der Waals surface area contributed by atoms with Gasteiger partial charge in [0.2, 0.25) is 0 Å². The molecule has 0 saturated carbocycles. The molecule has 0 fully saturated rings. The predicted molar refractivity (Wildman–Crippen MR) is 117 cm³/mol. The molecule has 0 aliphatic heterocycles. The third-order valence-corrected chi connectivity index (χ3v) is 4.83. The Morgan fingerprint density at radius 3 is 2.60 bits per heavy atom. The molecule has 0 atom stereocenters. The Hall–Kier alpha value is -3.64. The van der Waals surface area contributed by atoms with Gasteiger partial charge in [0.05, 0.1) is 12.8 Å². The number of hydrogen-bond donors (Lipinski definition) is 1. The average Bonchev–Trinajstić information content (AvgIpc) is 2.78. The maximum absolute atomic E-state index is 12.3. The van der Waals surface area contributed by atoms with E-state index < -0.39 is 5.97 Å². The fraction of sp³-hybridized carbons (Fsp3) is 0.0870. The number of hydrogen-bond acceptors (Lipinski definition) is 6. The lowest BCUT2D eigenvalue weighted by atomic mass is 10.1. The number of halogens is 1. The summed E-state index contributed by atoms with van der Waals surface area (Å²) in [5.41, 5.74) is 8.65. The summed E-state index contributed by atoms with van der Waals surface area (Å²) < 4.78 is 10.9. The molecular formula is C23H18ClN3O3. The zero-order valence-corrected chi connectivity index (χ0v) is 16.9. The first kappa shape index (κ1) is 19.7. The van der Waals surface area contributed by atoms with E-state index in [1.807, 2.05) is 48.5 Å². The summed E-state index contributed by atoms with van der Waals surface area (Å²) in [6.07, 6.45) is 1.62. The van der Waals surface area contributed by atoms with Crippen LogP contribution in [0.3, 0.4) is 0 Å². The summed E-state index contributed by atoms with van der Waals surface area (Å²) in [5.74, 6) is -0.172. The maximum atomic E-state index is 12.3. The number of methoxy groups -OCH3 is 1. The molecule has 6 nitrogen and oxygen atoms in total. The van der Waals surface area contributed by atoms with E-state index in [0.29, 0.717) is 21.5 Å². The number of carbonyl (C=O) groups is 1. The van der Waals surface area contributed by atoms with Crippen LogP contribution in [-0.4, -0.2) is 23.0 Å². The molecule has 4 aromatic rings. The lowest BCUT2D eigenvalue weighted by molar-refractivity contribution is 0.0589. The van der Waals surface area contributed by atoms with Crippen molar-refractivity contribution in [3.05, 3.63) is 83.1 Å². The van der Waals surface area contributed by atoms with Crippen LogP contribution in [0, 0.1) is 0 Å². The molecule has 2 aromatic heterocycles. The molecule has 0 aliphatic rings.